The Morgan fingerprint density at radius 3 is 2.47 bits per heavy atom. The van der Waals surface area contributed by atoms with Gasteiger partial charge in [-0.1, -0.05) is 39.0 Å². The maximum Gasteiger partial charge on any atom is 0.0724 e. The summed E-state index contributed by atoms with van der Waals surface area (Å²) in [6.07, 6.45) is 11.7. The molecule has 0 radical (unpaired) electrons. The Labute approximate surface area is 105 Å². The largest absolute Gasteiger partial charge is 0.311 e. The lowest BCUT2D eigenvalue weighted by Crippen LogP contribution is -2.15. The second-order valence-corrected chi connectivity index (χ2v) is 4.59. The van der Waals surface area contributed by atoms with E-state index >= 15 is 0 Å². The fourth-order valence-electron chi connectivity index (χ4n) is 1.76. The van der Waals surface area contributed by atoms with Crippen molar-refractivity contribution in [3.63, 3.8) is 0 Å². The highest BCUT2D eigenvalue weighted by Crippen LogP contribution is 2.04. The third-order valence-corrected chi connectivity index (χ3v) is 2.85. The molecular weight excluding hydrogens is 210 g/mol. The average molecular weight is 235 g/mol. The van der Waals surface area contributed by atoms with Crippen molar-refractivity contribution in [3.8, 4) is 0 Å². The number of hydrogen-bond donors (Lipinski definition) is 1. The standard InChI is InChI=1S/C14H25N3/c1-3-4-5-6-7-8-9-15-11-14-12-16-13(2)10-17-14/h10,12,15H,3-9,11H2,1-2H3. The van der Waals surface area contributed by atoms with Crippen molar-refractivity contribution in [2.75, 3.05) is 6.54 Å². The first kappa shape index (κ1) is 14.1. The molecule has 1 aromatic heterocycles. The SMILES string of the molecule is CCCCCCCCNCc1cnc(C)cn1. The van der Waals surface area contributed by atoms with Gasteiger partial charge in [0.2, 0.25) is 0 Å². The van der Waals surface area contributed by atoms with E-state index in [0.29, 0.717) is 0 Å². The van der Waals surface area contributed by atoms with Gasteiger partial charge in [0.05, 0.1) is 11.4 Å². The number of unbranched alkanes of at least 4 members (excludes halogenated alkanes) is 5. The predicted molar refractivity (Wildman–Crippen MR) is 71.9 cm³/mol. The normalized spacial score (nSPS) is 10.7. The molecule has 3 nitrogen and oxygen atoms in total. The molecule has 0 aliphatic carbocycles. The Morgan fingerprint density at radius 2 is 1.76 bits per heavy atom. The molecule has 0 bridgehead atoms. The highest BCUT2D eigenvalue weighted by atomic mass is 14.9. The number of aromatic nitrogens is 2. The average Bonchev–Trinajstić information content (AvgIpc) is 2.35. The Balaban J connectivity index is 1.95. The summed E-state index contributed by atoms with van der Waals surface area (Å²) in [7, 11) is 0. The van der Waals surface area contributed by atoms with Crippen molar-refractivity contribution in [2.45, 2.75) is 58.9 Å². The molecule has 0 aliphatic heterocycles. The van der Waals surface area contributed by atoms with Gasteiger partial charge in [-0.2, -0.15) is 0 Å². The molecule has 17 heavy (non-hydrogen) atoms. The van der Waals surface area contributed by atoms with Crippen LogP contribution >= 0.6 is 0 Å². The first-order valence-electron chi connectivity index (χ1n) is 6.81. The first-order chi connectivity index (χ1) is 8.33. The van der Waals surface area contributed by atoms with Crippen molar-refractivity contribution in [2.24, 2.45) is 0 Å². The van der Waals surface area contributed by atoms with Crippen LogP contribution in [0.1, 0.15) is 56.8 Å². The quantitative estimate of drug-likeness (QED) is 0.668. The summed E-state index contributed by atoms with van der Waals surface area (Å²) in [5.41, 5.74) is 2.01. The lowest BCUT2D eigenvalue weighted by atomic mass is 10.1. The van der Waals surface area contributed by atoms with Crippen LogP contribution < -0.4 is 5.32 Å². The molecule has 0 saturated heterocycles. The zero-order chi connectivity index (χ0) is 12.3. The van der Waals surface area contributed by atoms with Crippen molar-refractivity contribution >= 4 is 0 Å². The molecular formula is C14H25N3. The molecule has 0 unspecified atom stereocenters. The van der Waals surface area contributed by atoms with Crippen LogP contribution in [0.25, 0.3) is 0 Å². The van der Waals surface area contributed by atoms with E-state index in [9.17, 15) is 0 Å². The highest BCUT2D eigenvalue weighted by Gasteiger charge is 1.94. The van der Waals surface area contributed by atoms with Gasteiger partial charge in [0, 0.05) is 18.9 Å². The van der Waals surface area contributed by atoms with Gasteiger partial charge in [0.1, 0.15) is 0 Å². The highest BCUT2D eigenvalue weighted by molar-refractivity contribution is 4.99. The molecule has 96 valence electrons. The van der Waals surface area contributed by atoms with Crippen molar-refractivity contribution in [1.29, 1.82) is 0 Å². The van der Waals surface area contributed by atoms with Gasteiger partial charge in [-0.25, -0.2) is 0 Å². The minimum Gasteiger partial charge on any atom is -0.311 e. The van der Waals surface area contributed by atoms with Crippen LogP contribution in [0.15, 0.2) is 12.4 Å². The van der Waals surface area contributed by atoms with E-state index in [0.717, 1.165) is 24.5 Å². The lowest BCUT2D eigenvalue weighted by molar-refractivity contribution is 0.568. The Kier molecular flexibility index (Phi) is 7.56. The third-order valence-electron chi connectivity index (χ3n) is 2.85. The van der Waals surface area contributed by atoms with Crippen LogP contribution in [0.4, 0.5) is 0 Å². The maximum absolute atomic E-state index is 4.31. The zero-order valence-corrected chi connectivity index (χ0v) is 11.2. The van der Waals surface area contributed by atoms with Crippen molar-refractivity contribution in [3.05, 3.63) is 23.8 Å². The van der Waals surface area contributed by atoms with E-state index in [4.69, 9.17) is 0 Å². The van der Waals surface area contributed by atoms with Crippen LogP contribution in [0, 0.1) is 6.92 Å². The van der Waals surface area contributed by atoms with Gasteiger partial charge < -0.3 is 5.32 Å². The molecule has 0 saturated carbocycles. The number of rotatable bonds is 9. The first-order valence-corrected chi connectivity index (χ1v) is 6.81. The second-order valence-electron chi connectivity index (χ2n) is 4.59. The number of nitrogens with zero attached hydrogens (tertiary/aromatic N) is 2. The Bertz CT molecular complexity index is 282. The summed E-state index contributed by atoms with van der Waals surface area (Å²) in [4.78, 5) is 8.54. The second kappa shape index (κ2) is 9.11. The van der Waals surface area contributed by atoms with Crippen LogP contribution in [0.5, 0.6) is 0 Å². The third kappa shape index (κ3) is 7.05. The van der Waals surface area contributed by atoms with Crippen LogP contribution in [0.3, 0.4) is 0 Å². The van der Waals surface area contributed by atoms with Gasteiger partial charge in [-0.3, -0.25) is 9.97 Å². The summed E-state index contributed by atoms with van der Waals surface area (Å²) in [6.45, 7) is 6.13. The fourth-order valence-corrected chi connectivity index (χ4v) is 1.76. The minimum atomic E-state index is 0.836. The molecule has 0 spiro atoms. The number of nitrogens with one attached hydrogen (secondary N) is 1. The van der Waals surface area contributed by atoms with E-state index < -0.39 is 0 Å². The zero-order valence-electron chi connectivity index (χ0n) is 11.2. The smallest absolute Gasteiger partial charge is 0.0724 e. The summed E-state index contributed by atoms with van der Waals surface area (Å²) in [5.74, 6) is 0. The minimum absolute atomic E-state index is 0.836. The maximum atomic E-state index is 4.31. The lowest BCUT2D eigenvalue weighted by Gasteiger charge is -2.04. The van der Waals surface area contributed by atoms with E-state index in [1.54, 1.807) is 0 Å². The molecule has 1 aromatic rings. The molecule has 0 aromatic carbocycles. The van der Waals surface area contributed by atoms with E-state index in [-0.39, 0.29) is 0 Å². The van der Waals surface area contributed by atoms with Crippen LogP contribution in [0.2, 0.25) is 0 Å². The molecule has 0 fully saturated rings. The molecule has 1 N–H and O–H groups in total. The van der Waals surface area contributed by atoms with Gasteiger partial charge in [0.25, 0.3) is 0 Å². The monoisotopic (exact) mass is 235 g/mol. The predicted octanol–water partition coefficient (Wildman–Crippen LogP) is 3.24. The summed E-state index contributed by atoms with van der Waals surface area (Å²) in [5, 5.41) is 3.41. The van der Waals surface area contributed by atoms with Gasteiger partial charge >= 0.3 is 0 Å². The van der Waals surface area contributed by atoms with Crippen molar-refractivity contribution < 1.29 is 0 Å². The number of aryl methyl sites for hydroxylation is 1. The van der Waals surface area contributed by atoms with Gasteiger partial charge in [-0.15, -0.1) is 0 Å². The van der Waals surface area contributed by atoms with Crippen LogP contribution in [-0.4, -0.2) is 16.5 Å². The Hall–Kier alpha value is -0.960. The van der Waals surface area contributed by atoms with Crippen LogP contribution in [-0.2, 0) is 6.54 Å². The molecule has 1 rings (SSSR count). The molecule has 0 aliphatic rings. The van der Waals surface area contributed by atoms with Gasteiger partial charge in [0.15, 0.2) is 0 Å². The molecule has 0 amide bonds. The molecule has 1 heterocycles. The van der Waals surface area contributed by atoms with Crippen molar-refractivity contribution in [1.82, 2.24) is 15.3 Å². The molecule has 3 heteroatoms. The Morgan fingerprint density at radius 1 is 1.00 bits per heavy atom. The van der Waals surface area contributed by atoms with E-state index in [2.05, 4.69) is 22.2 Å². The van der Waals surface area contributed by atoms with Gasteiger partial charge in [-0.05, 0) is 19.9 Å². The van der Waals surface area contributed by atoms with E-state index in [1.165, 1.54) is 38.5 Å². The van der Waals surface area contributed by atoms with E-state index in [1.807, 2.05) is 19.3 Å². The molecule has 0 atom stereocenters. The summed E-state index contributed by atoms with van der Waals surface area (Å²) < 4.78 is 0. The topological polar surface area (TPSA) is 37.8 Å². The summed E-state index contributed by atoms with van der Waals surface area (Å²) >= 11 is 0. The number of hydrogen-bond acceptors (Lipinski definition) is 3. The fraction of sp³-hybridized carbons (Fsp3) is 0.714. The summed E-state index contributed by atoms with van der Waals surface area (Å²) in [6, 6.07) is 0.